The molecule has 2 aromatic carbocycles. The number of aryl methyl sites for hydroxylation is 2. The van der Waals surface area contributed by atoms with Gasteiger partial charge in [-0.05, 0) is 69.0 Å². The molecule has 0 aliphatic heterocycles. The van der Waals surface area contributed by atoms with Gasteiger partial charge in [-0.3, -0.25) is 4.79 Å². The number of fused-ring (bicyclic) bond motifs is 1. The Hall–Kier alpha value is -3.58. The Labute approximate surface area is 212 Å². The number of pyridine rings is 1. The lowest BCUT2D eigenvalue weighted by molar-refractivity contribution is 0.601. The first-order valence-electron chi connectivity index (χ1n) is 12.0. The highest BCUT2D eigenvalue weighted by molar-refractivity contribution is 7.90. The van der Waals surface area contributed by atoms with E-state index in [1.54, 1.807) is 12.1 Å². The average Bonchev–Trinajstić information content (AvgIpc) is 3.14. The monoisotopic (exact) mass is 503 g/mol. The summed E-state index contributed by atoms with van der Waals surface area (Å²) >= 11 is 0. The van der Waals surface area contributed by atoms with Crippen molar-refractivity contribution in [1.82, 2.24) is 14.9 Å². The summed E-state index contributed by atoms with van der Waals surface area (Å²) in [5, 5.41) is 4.27. The van der Waals surface area contributed by atoms with E-state index in [0.717, 1.165) is 38.9 Å². The van der Waals surface area contributed by atoms with E-state index in [0.29, 0.717) is 17.7 Å². The van der Waals surface area contributed by atoms with Gasteiger partial charge in [0.05, 0.1) is 10.4 Å². The quantitative estimate of drug-likeness (QED) is 0.343. The van der Waals surface area contributed by atoms with Crippen molar-refractivity contribution in [2.24, 2.45) is 0 Å². The number of hydrogen-bond acceptors (Lipinski definition) is 4. The summed E-state index contributed by atoms with van der Waals surface area (Å²) in [5.41, 5.74) is 6.54. The predicted molar refractivity (Wildman–Crippen MR) is 147 cm³/mol. The Morgan fingerprint density at radius 1 is 1.11 bits per heavy atom. The van der Waals surface area contributed by atoms with Crippen molar-refractivity contribution in [2.75, 3.05) is 6.26 Å². The van der Waals surface area contributed by atoms with Gasteiger partial charge in [-0.15, -0.1) is 0 Å². The maximum atomic E-state index is 12.9. The third kappa shape index (κ3) is 5.16. The fourth-order valence-corrected chi connectivity index (χ4v) is 5.34. The van der Waals surface area contributed by atoms with Crippen LogP contribution in [-0.2, 0) is 22.8 Å². The first-order chi connectivity index (χ1) is 17.0. The van der Waals surface area contributed by atoms with Gasteiger partial charge in [0, 0.05) is 52.9 Å². The van der Waals surface area contributed by atoms with Gasteiger partial charge in [-0.25, -0.2) is 8.42 Å². The molecular formula is C29H33N3O3S. The molecule has 2 N–H and O–H groups in total. The first-order valence-corrected chi connectivity index (χ1v) is 13.9. The molecule has 0 atom stereocenters. The maximum absolute atomic E-state index is 12.9. The van der Waals surface area contributed by atoms with E-state index in [1.165, 1.54) is 6.26 Å². The van der Waals surface area contributed by atoms with E-state index < -0.39 is 9.84 Å². The minimum Gasteiger partial charge on any atom is -0.381 e. The van der Waals surface area contributed by atoms with Gasteiger partial charge in [0.2, 0.25) is 0 Å². The van der Waals surface area contributed by atoms with E-state index in [2.05, 4.69) is 35.3 Å². The Bertz CT molecular complexity index is 1610. The minimum absolute atomic E-state index is 0.140. The first kappa shape index (κ1) is 25.5. The van der Waals surface area contributed by atoms with Gasteiger partial charge in [0.15, 0.2) is 9.84 Å². The maximum Gasteiger partial charge on any atom is 0.253 e. The number of nitrogens with one attached hydrogen (secondary N) is 2. The topological polar surface area (TPSA) is 84.0 Å². The minimum atomic E-state index is -3.44. The molecule has 2 heterocycles. The lowest BCUT2D eigenvalue weighted by atomic mass is 10.00. The molecular weight excluding hydrogens is 470 g/mol. The molecule has 4 aromatic rings. The smallest absolute Gasteiger partial charge is 0.253 e. The van der Waals surface area contributed by atoms with Crippen LogP contribution in [0.25, 0.3) is 16.6 Å². The van der Waals surface area contributed by atoms with Gasteiger partial charge < -0.3 is 14.9 Å². The summed E-state index contributed by atoms with van der Waals surface area (Å²) in [5.74, 6) is 0. The van der Waals surface area contributed by atoms with Crippen molar-refractivity contribution in [3.05, 3.63) is 105 Å². The lowest BCUT2D eigenvalue weighted by Gasteiger charge is -2.16. The molecule has 0 unspecified atom stereocenters. The zero-order valence-corrected chi connectivity index (χ0v) is 22.3. The molecule has 4 rings (SSSR count). The molecule has 0 saturated carbocycles. The van der Waals surface area contributed by atoms with Crippen LogP contribution in [0.3, 0.4) is 0 Å². The number of aromatic nitrogens is 2. The molecule has 0 radical (unpaired) electrons. The highest BCUT2D eigenvalue weighted by Crippen LogP contribution is 2.33. The van der Waals surface area contributed by atoms with Gasteiger partial charge in [0.25, 0.3) is 5.56 Å². The zero-order chi connectivity index (χ0) is 26.2. The molecule has 188 valence electrons. The van der Waals surface area contributed by atoms with Gasteiger partial charge in [-0.2, -0.15) is 0 Å². The standard InChI is InChI=1S/C29H33N3O3S/c1-18(2)32-17-19(3)28-25(14-24(15-27(28)32)36(6,34)35)21(5)30-16-26-23(12-20(4)31-29(26)33)13-22-10-8-7-9-11-22/h7-12,14-15,17-18,30H,5,13,16H2,1-4,6H3,(H,31,33). The summed E-state index contributed by atoms with van der Waals surface area (Å²) in [6, 6.07) is 15.6. The molecule has 6 nitrogen and oxygen atoms in total. The summed E-state index contributed by atoms with van der Waals surface area (Å²) in [6.45, 7) is 12.5. The molecule has 0 spiro atoms. The number of sulfone groups is 1. The van der Waals surface area contributed by atoms with E-state index >= 15 is 0 Å². The average molecular weight is 504 g/mol. The highest BCUT2D eigenvalue weighted by Gasteiger charge is 2.19. The van der Waals surface area contributed by atoms with Crippen LogP contribution < -0.4 is 10.9 Å². The Morgan fingerprint density at radius 3 is 2.44 bits per heavy atom. The molecule has 0 amide bonds. The summed E-state index contributed by atoms with van der Waals surface area (Å²) in [7, 11) is -3.44. The van der Waals surface area contributed by atoms with Gasteiger partial charge in [0.1, 0.15) is 0 Å². The summed E-state index contributed by atoms with van der Waals surface area (Å²) in [6.07, 6.45) is 3.89. The number of aromatic amines is 1. The van der Waals surface area contributed by atoms with Crippen LogP contribution in [0, 0.1) is 13.8 Å². The van der Waals surface area contributed by atoms with Crippen LogP contribution in [0.5, 0.6) is 0 Å². The largest absolute Gasteiger partial charge is 0.381 e. The Balaban J connectivity index is 1.74. The second-order valence-electron chi connectivity index (χ2n) is 9.73. The normalized spacial score (nSPS) is 11.8. The molecule has 7 heteroatoms. The van der Waals surface area contributed by atoms with Crippen LogP contribution in [0.4, 0.5) is 0 Å². The molecule has 0 fully saturated rings. The van der Waals surface area contributed by atoms with E-state index in [4.69, 9.17) is 0 Å². The Morgan fingerprint density at radius 2 is 1.81 bits per heavy atom. The SMILES string of the molecule is C=C(NCc1c(Cc2ccccc2)cc(C)[nH]c1=O)c1cc(S(C)(=O)=O)cc2c1c(C)cn2C(C)C. The van der Waals surface area contributed by atoms with Crippen LogP contribution in [0.2, 0.25) is 0 Å². The second-order valence-corrected chi connectivity index (χ2v) is 11.7. The van der Waals surface area contributed by atoms with Gasteiger partial charge in [-0.1, -0.05) is 36.9 Å². The fourth-order valence-electron chi connectivity index (χ4n) is 4.68. The van der Waals surface area contributed by atoms with E-state index in [-0.39, 0.29) is 23.0 Å². The van der Waals surface area contributed by atoms with Crippen molar-refractivity contribution in [3.8, 4) is 0 Å². The van der Waals surface area contributed by atoms with E-state index in [9.17, 15) is 13.2 Å². The number of benzene rings is 2. The molecule has 36 heavy (non-hydrogen) atoms. The molecule has 0 aliphatic rings. The third-order valence-corrected chi connectivity index (χ3v) is 7.58. The molecule has 0 aliphatic carbocycles. The third-order valence-electron chi connectivity index (χ3n) is 6.49. The van der Waals surface area contributed by atoms with Crippen LogP contribution in [0.1, 0.15) is 53.4 Å². The summed E-state index contributed by atoms with van der Waals surface area (Å²) in [4.78, 5) is 16.1. The van der Waals surface area contributed by atoms with Crippen molar-refractivity contribution in [2.45, 2.75) is 51.6 Å². The van der Waals surface area contributed by atoms with Crippen molar-refractivity contribution < 1.29 is 8.42 Å². The van der Waals surface area contributed by atoms with Crippen LogP contribution >= 0.6 is 0 Å². The zero-order valence-electron chi connectivity index (χ0n) is 21.5. The van der Waals surface area contributed by atoms with Crippen molar-refractivity contribution >= 4 is 26.4 Å². The van der Waals surface area contributed by atoms with Crippen molar-refractivity contribution in [3.63, 3.8) is 0 Å². The molecule has 0 bridgehead atoms. The molecule has 0 saturated heterocycles. The van der Waals surface area contributed by atoms with Crippen LogP contribution in [-0.4, -0.2) is 24.2 Å². The second kappa shape index (κ2) is 9.82. The Kier molecular flexibility index (Phi) is 6.96. The van der Waals surface area contributed by atoms with Crippen LogP contribution in [0.15, 0.2) is 71.0 Å². The lowest BCUT2D eigenvalue weighted by Crippen LogP contribution is -2.23. The number of H-pyrrole nitrogens is 1. The predicted octanol–water partition coefficient (Wildman–Crippen LogP) is 5.28. The molecule has 2 aromatic heterocycles. The van der Waals surface area contributed by atoms with E-state index in [1.807, 2.05) is 56.4 Å². The summed E-state index contributed by atoms with van der Waals surface area (Å²) < 4.78 is 27.1. The van der Waals surface area contributed by atoms with Gasteiger partial charge >= 0.3 is 0 Å². The number of rotatable bonds is 8. The number of hydrogen-bond donors (Lipinski definition) is 2. The number of nitrogens with zero attached hydrogens (tertiary/aromatic N) is 1. The highest BCUT2D eigenvalue weighted by atomic mass is 32.2. The fraction of sp³-hybridized carbons (Fsp3) is 0.276. The van der Waals surface area contributed by atoms with Crippen molar-refractivity contribution in [1.29, 1.82) is 0 Å².